The molecule has 0 radical (unpaired) electrons. The van der Waals surface area contributed by atoms with Crippen molar-refractivity contribution >= 4 is 12.0 Å². The molecule has 120 valence electrons. The molecule has 0 amide bonds. The first-order valence-corrected chi connectivity index (χ1v) is 9.14. The fraction of sp³-hybridized carbons (Fsp3) is 0.650. The van der Waals surface area contributed by atoms with Gasteiger partial charge in [-0.2, -0.15) is 0 Å². The van der Waals surface area contributed by atoms with Crippen molar-refractivity contribution in [3.63, 3.8) is 0 Å². The smallest absolute Gasteiger partial charge is 0.150 e. The molecule has 1 fully saturated rings. The Hall–Kier alpha value is -1.31. The lowest BCUT2D eigenvalue weighted by Crippen LogP contribution is -2.35. The summed E-state index contributed by atoms with van der Waals surface area (Å²) in [5.41, 5.74) is 3.69. The Morgan fingerprint density at radius 1 is 1.32 bits per heavy atom. The van der Waals surface area contributed by atoms with Gasteiger partial charge in [-0.15, -0.1) is 0 Å². The van der Waals surface area contributed by atoms with Gasteiger partial charge in [0.15, 0.2) is 0 Å². The van der Waals surface area contributed by atoms with Gasteiger partial charge in [-0.25, -0.2) is 0 Å². The van der Waals surface area contributed by atoms with Crippen molar-refractivity contribution in [2.45, 2.75) is 70.8 Å². The molecule has 1 saturated carbocycles. The minimum Gasteiger partial charge on any atom is -0.367 e. The van der Waals surface area contributed by atoms with Gasteiger partial charge in [-0.1, -0.05) is 39.5 Å². The highest BCUT2D eigenvalue weighted by Gasteiger charge is 2.41. The molecule has 1 heterocycles. The molecule has 2 nitrogen and oxygen atoms in total. The van der Waals surface area contributed by atoms with Gasteiger partial charge >= 0.3 is 0 Å². The Morgan fingerprint density at radius 2 is 2.18 bits per heavy atom. The third kappa shape index (κ3) is 2.80. The molecule has 1 aromatic carbocycles. The molecular weight excluding hydrogens is 270 g/mol. The van der Waals surface area contributed by atoms with Gasteiger partial charge in [0.2, 0.25) is 0 Å². The number of nitrogens with zero attached hydrogens (tertiary/aromatic N) is 1. The zero-order valence-corrected chi connectivity index (χ0v) is 14.1. The normalized spacial score (nSPS) is 24.2. The molecule has 0 aromatic heterocycles. The standard InChI is InChI=1S/C20H29NO/c1-3-5-7-15(4-2)13-21-19-9-6-8-17(19)18-12-16(14-22)10-11-20(18)21/h10-12,14-15,17,19H,3-9,13H2,1-2H3. The number of hydrogen-bond donors (Lipinski definition) is 0. The maximum absolute atomic E-state index is 11.1. The molecule has 3 rings (SSSR count). The van der Waals surface area contributed by atoms with Crippen LogP contribution in [0.5, 0.6) is 0 Å². The van der Waals surface area contributed by atoms with Crippen LogP contribution in [0.4, 0.5) is 5.69 Å². The fourth-order valence-corrected chi connectivity index (χ4v) is 4.49. The third-order valence-corrected chi connectivity index (χ3v) is 5.77. The zero-order chi connectivity index (χ0) is 15.5. The summed E-state index contributed by atoms with van der Waals surface area (Å²) in [6, 6.07) is 7.03. The Bertz CT molecular complexity index is 524. The van der Waals surface area contributed by atoms with Crippen LogP contribution < -0.4 is 4.90 Å². The van der Waals surface area contributed by atoms with E-state index in [1.54, 1.807) is 0 Å². The summed E-state index contributed by atoms with van der Waals surface area (Å²) >= 11 is 0. The second kappa shape index (κ2) is 6.85. The quantitative estimate of drug-likeness (QED) is 0.647. The van der Waals surface area contributed by atoms with Crippen molar-refractivity contribution in [3.8, 4) is 0 Å². The number of aldehydes is 1. The monoisotopic (exact) mass is 299 g/mol. The van der Waals surface area contributed by atoms with Crippen LogP contribution in [0.15, 0.2) is 18.2 Å². The first kappa shape index (κ1) is 15.6. The van der Waals surface area contributed by atoms with Crippen LogP contribution in [0, 0.1) is 5.92 Å². The molecule has 0 saturated heterocycles. The predicted octanol–water partition coefficient (Wildman–Crippen LogP) is 5.17. The number of carbonyl (C=O) groups is 1. The highest BCUT2D eigenvalue weighted by Crippen LogP contribution is 2.49. The number of benzene rings is 1. The number of hydrogen-bond acceptors (Lipinski definition) is 2. The van der Waals surface area contributed by atoms with E-state index < -0.39 is 0 Å². The molecule has 3 atom stereocenters. The summed E-state index contributed by atoms with van der Waals surface area (Å²) in [4.78, 5) is 13.8. The Labute approximate surface area is 134 Å². The van der Waals surface area contributed by atoms with Crippen LogP contribution >= 0.6 is 0 Å². The van der Waals surface area contributed by atoms with Gasteiger partial charge in [0.1, 0.15) is 6.29 Å². The average molecular weight is 299 g/mol. The second-order valence-electron chi connectivity index (χ2n) is 7.11. The van der Waals surface area contributed by atoms with Crippen molar-refractivity contribution in [3.05, 3.63) is 29.3 Å². The summed E-state index contributed by atoms with van der Waals surface area (Å²) < 4.78 is 0. The minimum absolute atomic E-state index is 0.665. The van der Waals surface area contributed by atoms with Gasteiger partial charge in [0.05, 0.1) is 0 Å². The van der Waals surface area contributed by atoms with E-state index in [4.69, 9.17) is 0 Å². The largest absolute Gasteiger partial charge is 0.367 e. The second-order valence-corrected chi connectivity index (χ2v) is 7.11. The van der Waals surface area contributed by atoms with E-state index in [-0.39, 0.29) is 0 Å². The van der Waals surface area contributed by atoms with Gasteiger partial charge < -0.3 is 4.90 Å². The fourth-order valence-electron chi connectivity index (χ4n) is 4.49. The number of carbonyl (C=O) groups excluding carboxylic acids is 1. The predicted molar refractivity (Wildman–Crippen MR) is 92.9 cm³/mol. The molecule has 1 aliphatic carbocycles. The topological polar surface area (TPSA) is 20.3 Å². The Kier molecular flexibility index (Phi) is 4.85. The highest BCUT2D eigenvalue weighted by atomic mass is 16.1. The van der Waals surface area contributed by atoms with E-state index in [0.29, 0.717) is 12.0 Å². The van der Waals surface area contributed by atoms with E-state index in [2.05, 4.69) is 30.9 Å². The van der Waals surface area contributed by atoms with Crippen LogP contribution in [-0.4, -0.2) is 18.9 Å². The summed E-state index contributed by atoms with van der Waals surface area (Å²) in [5.74, 6) is 1.47. The van der Waals surface area contributed by atoms with Crippen molar-refractivity contribution in [1.29, 1.82) is 0 Å². The van der Waals surface area contributed by atoms with Crippen LogP contribution in [0.2, 0.25) is 0 Å². The summed E-state index contributed by atoms with van der Waals surface area (Å²) in [6.45, 7) is 5.82. The molecule has 0 spiro atoms. The molecule has 0 bridgehead atoms. The molecule has 0 N–H and O–H groups in total. The van der Waals surface area contributed by atoms with Gasteiger partial charge in [-0.3, -0.25) is 4.79 Å². The molecule has 2 heteroatoms. The highest BCUT2D eigenvalue weighted by molar-refractivity contribution is 5.78. The molecule has 22 heavy (non-hydrogen) atoms. The van der Waals surface area contributed by atoms with Crippen molar-refractivity contribution < 1.29 is 4.79 Å². The lowest BCUT2D eigenvalue weighted by atomic mass is 9.96. The lowest BCUT2D eigenvalue weighted by molar-refractivity contribution is 0.112. The lowest BCUT2D eigenvalue weighted by Gasteiger charge is -2.31. The van der Waals surface area contributed by atoms with Crippen LogP contribution in [-0.2, 0) is 0 Å². The zero-order valence-electron chi connectivity index (χ0n) is 14.1. The first-order chi connectivity index (χ1) is 10.8. The minimum atomic E-state index is 0.665. The number of unbranched alkanes of at least 4 members (excludes halogenated alkanes) is 1. The number of rotatable bonds is 7. The van der Waals surface area contributed by atoms with Crippen molar-refractivity contribution in [1.82, 2.24) is 0 Å². The third-order valence-electron chi connectivity index (χ3n) is 5.77. The van der Waals surface area contributed by atoms with E-state index in [9.17, 15) is 4.79 Å². The Morgan fingerprint density at radius 3 is 2.91 bits per heavy atom. The van der Waals surface area contributed by atoms with Crippen LogP contribution in [0.3, 0.4) is 0 Å². The number of anilines is 1. The summed E-state index contributed by atoms with van der Waals surface area (Å²) in [7, 11) is 0. The van der Waals surface area contributed by atoms with Crippen molar-refractivity contribution in [2.24, 2.45) is 5.92 Å². The van der Waals surface area contributed by atoms with Gasteiger partial charge in [0, 0.05) is 29.8 Å². The summed E-state index contributed by atoms with van der Waals surface area (Å²) in [5, 5.41) is 0. The van der Waals surface area contributed by atoms with Gasteiger partial charge in [-0.05, 0) is 48.9 Å². The van der Waals surface area contributed by atoms with Crippen LogP contribution in [0.25, 0.3) is 0 Å². The molecule has 1 aromatic rings. The summed E-state index contributed by atoms with van der Waals surface area (Å²) in [6.07, 6.45) is 10.2. The van der Waals surface area contributed by atoms with E-state index in [1.807, 2.05) is 6.07 Å². The Balaban J connectivity index is 1.83. The van der Waals surface area contributed by atoms with E-state index >= 15 is 0 Å². The first-order valence-electron chi connectivity index (χ1n) is 9.14. The molecule has 1 aliphatic heterocycles. The van der Waals surface area contributed by atoms with Gasteiger partial charge in [0.25, 0.3) is 0 Å². The maximum Gasteiger partial charge on any atom is 0.150 e. The molecule has 3 unspecified atom stereocenters. The van der Waals surface area contributed by atoms with E-state index in [1.165, 1.54) is 62.7 Å². The van der Waals surface area contributed by atoms with Crippen LogP contribution in [0.1, 0.15) is 80.6 Å². The van der Waals surface area contributed by atoms with E-state index in [0.717, 1.165) is 17.8 Å². The molecular formula is C20H29NO. The van der Waals surface area contributed by atoms with Crippen molar-refractivity contribution in [2.75, 3.05) is 11.4 Å². The number of fused-ring (bicyclic) bond motifs is 3. The molecule has 2 aliphatic rings. The SMILES string of the molecule is CCCCC(CC)CN1c2ccc(C=O)cc2C2CCCC21. The maximum atomic E-state index is 11.1. The average Bonchev–Trinajstić information content (AvgIpc) is 3.13.